The summed E-state index contributed by atoms with van der Waals surface area (Å²) in [4.78, 5) is 34.2. The molecule has 3 amide bonds. The van der Waals surface area contributed by atoms with Crippen molar-refractivity contribution in [2.24, 2.45) is 5.41 Å². The summed E-state index contributed by atoms with van der Waals surface area (Å²) in [7, 11) is 0. The lowest BCUT2D eigenvalue weighted by Crippen LogP contribution is -2.52. The van der Waals surface area contributed by atoms with Crippen LogP contribution in [0.5, 0.6) is 0 Å². The summed E-state index contributed by atoms with van der Waals surface area (Å²) >= 11 is 0. The van der Waals surface area contributed by atoms with Crippen LogP contribution < -0.4 is 16.0 Å². The highest BCUT2D eigenvalue weighted by atomic mass is 16.4. The molecule has 7 heteroatoms. The maximum absolute atomic E-state index is 11.7. The Balaban J connectivity index is 2.20. The standard InChI is InChI=1S/C14H25N3O4/c1-14(2,3)11(12(19)20)17-13(21)15-8-4-5-10(18)16-9-6-7-9/h9,11H,4-8H2,1-3H3,(H,16,18)(H,19,20)(H2,15,17,21)/t11-/m0/s1. The van der Waals surface area contributed by atoms with Gasteiger partial charge in [0, 0.05) is 19.0 Å². The van der Waals surface area contributed by atoms with Gasteiger partial charge in [0.15, 0.2) is 0 Å². The summed E-state index contributed by atoms with van der Waals surface area (Å²) in [6.07, 6.45) is 2.99. The van der Waals surface area contributed by atoms with Crippen molar-refractivity contribution in [3.63, 3.8) is 0 Å². The zero-order chi connectivity index (χ0) is 16.0. The molecule has 1 fully saturated rings. The van der Waals surface area contributed by atoms with Crippen LogP contribution in [0.2, 0.25) is 0 Å². The number of amides is 3. The molecule has 0 aromatic carbocycles. The molecule has 0 aromatic heterocycles. The lowest BCUT2D eigenvalue weighted by molar-refractivity contribution is -0.141. The molecule has 0 spiro atoms. The van der Waals surface area contributed by atoms with Crippen LogP contribution in [0.3, 0.4) is 0 Å². The minimum atomic E-state index is -1.07. The Kier molecular flexibility index (Phi) is 5.99. The Morgan fingerprint density at radius 2 is 1.86 bits per heavy atom. The fourth-order valence-electron chi connectivity index (χ4n) is 1.81. The van der Waals surface area contributed by atoms with Gasteiger partial charge in [-0.05, 0) is 24.7 Å². The van der Waals surface area contributed by atoms with Gasteiger partial charge in [-0.25, -0.2) is 9.59 Å². The molecule has 0 aromatic rings. The number of carbonyl (C=O) groups is 3. The number of carbonyl (C=O) groups excluding carboxylic acids is 2. The van der Waals surface area contributed by atoms with Crippen LogP contribution in [0.1, 0.15) is 46.5 Å². The highest BCUT2D eigenvalue weighted by Crippen LogP contribution is 2.19. The van der Waals surface area contributed by atoms with Crippen molar-refractivity contribution in [2.45, 2.75) is 58.5 Å². The second-order valence-electron chi connectivity index (χ2n) is 6.48. The number of hydrogen-bond donors (Lipinski definition) is 4. The number of hydrogen-bond acceptors (Lipinski definition) is 3. The smallest absolute Gasteiger partial charge is 0.326 e. The molecule has 0 unspecified atom stereocenters. The van der Waals surface area contributed by atoms with E-state index < -0.39 is 23.5 Å². The number of nitrogens with one attached hydrogen (secondary N) is 3. The van der Waals surface area contributed by atoms with Gasteiger partial charge in [-0.1, -0.05) is 20.8 Å². The van der Waals surface area contributed by atoms with E-state index in [-0.39, 0.29) is 5.91 Å². The second kappa shape index (κ2) is 7.28. The van der Waals surface area contributed by atoms with Gasteiger partial charge in [0.05, 0.1) is 0 Å². The molecule has 1 saturated carbocycles. The highest BCUT2D eigenvalue weighted by molar-refractivity contribution is 5.83. The molecule has 1 rings (SSSR count). The first-order chi connectivity index (χ1) is 9.70. The molecule has 0 radical (unpaired) electrons. The molecule has 0 heterocycles. The number of aliphatic carboxylic acids is 1. The lowest BCUT2D eigenvalue weighted by atomic mass is 9.87. The van der Waals surface area contributed by atoms with E-state index in [9.17, 15) is 14.4 Å². The molecule has 1 aliphatic carbocycles. The largest absolute Gasteiger partial charge is 0.480 e. The van der Waals surface area contributed by atoms with Crippen LogP contribution in [-0.2, 0) is 9.59 Å². The number of rotatable bonds is 7. The predicted molar refractivity (Wildman–Crippen MR) is 77.8 cm³/mol. The van der Waals surface area contributed by atoms with Crippen molar-refractivity contribution in [3.05, 3.63) is 0 Å². The van der Waals surface area contributed by atoms with E-state index in [1.165, 1.54) is 0 Å². The maximum Gasteiger partial charge on any atom is 0.326 e. The summed E-state index contributed by atoms with van der Waals surface area (Å²) in [6, 6.07) is -1.15. The molecular formula is C14H25N3O4. The zero-order valence-corrected chi connectivity index (χ0v) is 12.9. The quantitative estimate of drug-likeness (QED) is 0.522. The van der Waals surface area contributed by atoms with Gasteiger partial charge in [0.1, 0.15) is 6.04 Å². The Labute approximate surface area is 124 Å². The zero-order valence-electron chi connectivity index (χ0n) is 12.9. The Morgan fingerprint density at radius 1 is 1.24 bits per heavy atom. The molecule has 7 nitrogen and oxygen atoms in total. The van der Waals surface area contributed by atoms with Crippen molar-refractivity contribution in [1.82, 2.24) is 16.0 Å². The topological polar surface area (TPSA) is 108 Å². The third-order valence-corrected chi connectivity index (χ3v) is 3.20. The molecule has 0 saturated heterocycles. The van der Waals surface area contributed by atoms with Crippen LogP contribution in [0.4, 0.5) is 4.79 Å². The average Bonchev–Trinajstić information content (AvgIpc) is 3.13. The first-order valence-corrected chi connectivity index (χ1v) is 7.26. The summed E-state index contributed by atoms with van der Waals surface area (Å²) in [5.74, 6) is -1.07. The molecular weight excluding hydrogens is 274 g/mol. The summed E-state index contributed by atoms with van der Waals surface area (Å²) in [5.41, 5.74) is -0.576. The van der Waals surface area contributed by atoms with Crippen molar-refractivity contribution in [2.75, 3.05) is 6.54 Å². The van der Waals surface area contributed by atoms with Gasteiger partial charge in [0.25, 0.3) is 0 Å². The van der Waals surface area contributed by atoms with E-state index >= 15 is 0 Å². The number of urea groups is 1. The van der Waals surface area contributed by atoms with E-state index in [0.717, 1.165) is 12.8 Å². The van der Waals surface area contributed by atoms with Gasteiger partial charge in [-0.15, -0.1) is 0 Å². The fraction of sp³-hybridized carbons (Fsp3) is 0.786. The van der Waals surface area contributed by atoms with Crippen LogP contribution in [-0.4, -0.2) is 41.6 Å². The van der Waals surface area contributed by atoms with Crippen molar-refractivity contribution >= 4 is 17.9 Å². The molecule has 21 heavy (non-hydrogen) atoms. The van der Waals surface area contributed by atoms with E-state index in [2.05, 4.69) is 16.0 Å². The van der Waals surface area contributed by atoms with Gasteiger partial charge in [0.2, 0.25) is 5.91 Å². The Bertz CT molecular complexity index is 400. The number of carboxylic acids is 1. The van der Waals surface area contributed by atoms with Crippen LogP contribution >= 0.6 is 0 Å². The SMILES string of the molecule is CC(C)(C)[C@@H](NC(=O)NCCCC(=O)NC1CC1)C(=O)O. The van der Waals surface area contributed by atoms with Crippen LogP contribution in [0.25, 0.3) is 0 Å². The predicted octanol–water partition coefficient (Wildman–Crippen LogP) is 0.844. The van der Waals surface area contributed by atoms with Crippen LogP contribution in [0, 0.1) is 5.41 Å². The highest BCUT2D eigenvalue weighted by Gasteiger charge is 2.32. The summed E-state index contributed by atoms with van der Waals surface area (Å²) < 4.78 is 0. The minimum Gasteiger partial charge on any atom is -0.480 e. The maximum atomic E-state index is 11.7. The average molecular weight is 299 g/mol. The fourth-order valence-corrected chi connectivity index (χ4v) is 1.81. The van der Waals surface area contributed by atoms with Crippen molar-refractivity contribution in [3.8, 4) is 0 Å². The molecule has 0 bridgehead atoms. The normalized spacial score (nSPS) is 16.0. The monoisotopic (exact) mass is 299 g/mol. The van der Waals surface area contributed by atoms with E-state index in [1.807, 2.05) is 0 Å². The number of carboxylic acid groups (broad SMARTS) is 1. The van der Waals surface area contributed by atoms with Crippen molar-refractivity contribution in [1.29, 1.82) is 0 Å². The van der Waals surface area contributed by atoms with Crippen LogP contribution in [0.15, 0.2) is 0 Å². The van der Waals surface area contributed by atoms with E-state index in [0.29, 0.717) is 25.4 Å². The third kappa shape index (κ3) is 6.97. The van der Waals surface area contributed by atoms with Crippen molar-refractivity contribution < 1.29 is 19.5 Å². The van der Waals surface area contributed by atoms with Gasteiger partial charge in [-0.2, -0.15) is 0 Å². The van der Waals surface area contributed by atoms with E-state index in [4.69, 9.17) is 5.11 Å². The van der Waals surface area contributed by atoms with E-state index in [1.54, 1.807) is 20.8 Å². The summed E-state index contributed by atoms with van der Waals surface area (Å²) in [6.45, 7) is 5.57. The Hall–Kier alpha value is -1.79. The molecule has 1 atom stereocenters. The Morgan fingerprint density at radius 3 is 2.33 bits per heavy atom. The van der Waals surface area contributed by atoms with Gasteiger partial charge < -0.3 is 21.1 Å². The first-order valence-electron chi connectivity index (χ1n) is 7.26. The molecule has 120 valence electrons. The lowest BCUT2D eigenvalue weighted by Gasteiger charge is -2.27. The molecule has 1 aliphatic rings. The summed E-state index contributed by atoms with van der Waals surface area (Å²) in [5, 5.41) is 17.0. The van der Waals surface area contributed by atoms with Gasteiger partial charge >= 0.3 is 12.0 Å². The second-order valence-corrected chi connectivity index (χ2v) is 6.48. The molecule has 4 N–H and O–H groups in total. The minimum absolute atomic E-state index is 0.00203. The third-order valence-electron chi connectivity index (χ3n) is 3.20. The first kappa shape index (κ1) is 17.3. The molecule has 0 aliphatic heterocycles. The van der Waals surface area contributed by atoms with Gasteiger partial charge in [-0.3, -0.25) is 4.79 Å².